The van der Waals surface area contributed by atoms with Crippen molar-refractivity contribution >= 4 is 11.8 Å². The van der Waals surface area contributed by atoms with Gasteiger partial charge in [0.15, 0.2) is 0 Å². The van der Waals surface area contributed by atoms with Crippen LogP contribution >= 0.6 is 0 Å². The normalized spacial score (nSPS) is 19.9. The number of amides is 2. The van der Waals surface area contributed by atoms with Crippen LogP contribution in [0.2, 0.25) is 0 Å². The predicted molar refractivity (Wildman–Crippen MR) is 87.4 cm³/mol. The van der Waals surface area contributed by atoms with Gasteiger partial charge in [-0.1, -0.05) is 0 Å². The number of methoxy groups -OCH3 is 1. The standard InChI is InChI=1S/C18H24N2O3/c1-14(21)19-10-7-18(8-11-19)9-12-20(13-18)17(22)15-3-5-16(23-2)6-4-15/h3-6H,7-13H2,1-2H3. The molecular formula is C18H24N2O3. The summed E-state index contributed by atoms with van der Waals surface area (Å²) in [5.41, 5.74) is 0.915. The quantitative estimate of drug-likeness (QED) is 0.840. The fraction of sp³-hybridized carbons (Fsp3) is 0.556. The van der Waals surface area contributed by atoms with E-state index in [9.17, 15) is 9.59 Å². The van der Waals surface area contributed by atoms with Crippen molar-refractivity contribution in [1.82, 2.24) is 9.80 Å². The van der Waals surface area contributed by atoms with Gasteiger partial charge in [0.25, 0.3) is 5.91 Å². The van der Waals surface area contributed by atoms with E-state index in [1.165, 1.54) is 0 Å². The second-order valence-corrected chi connectivity index (χ2v) is 6.71. The molecular weight excluding hydrogens is 292 g/mol. The van der Waals surface area contributed by atoms with E-state index < -0.39 is 0 Å². The number of rotatable bonds is 2. The fourth-order valence-electron chi connectivity index (χ4n) is 3.73. The maximum atomic E-state index is 12.7. The molecule has 2 amide bonds. The predicted octanol–water partition coefficient (Wildman–Crippen LogP) is 2.17. The van der Waals surface area contributed by atoms with E-state index in [2.05, 4.69) is 0 Å². The number of nitrogens with zero attached hydrogens (tertiary/aromatic N) is 2. The van der Waals surface area contributed by atoms with Crippen LogP contribution in [0.25, 0.3) is 0 Å². The van der Waals surface area contributed by atoms with Crippen molar-refractivity contribution in [2.75, 3.05) is 33.3 Å². The molecule has 0 N–H and O–H groups in total. The van der Waals surface area contributed by atoms with Crippen LogP contribution in [0.1, 0.15) is 36.5 Å². The minimum atomic E-state index is 0.0959. The molecule has 2 heterocycles. The molecule has 23 heavy (non-hydrogen) atoms. The summed E-state index contributed by atoms with van der Waals surface area (Å²) in [6.07, 6.45) is 3.04. The highest BCUT2D eigenvalue weighted by Gasteiger charge is 2.42. The van der Waals surface area contributed by atoms with Crippen LogP contribution in [0.5, 0.6) is 5.75 Å². The van der Waals surface area contributed by atoms with Crippen LogP contribution < -0.4 is 4.74 Å². The Bertz CT molecular complexity index is 589. The highest BCUT2D eigenvalue weighted by molar-refractivity contribution is 5.94. The molecule has 1 aromatic rings. The number of carbonyl (C=O) groups is 2. The summed E-state index contributed by atoms with van der Waals surface area (Å²) in [7, 11) is 1.62. The number of hydrogen-bond donors (Lipinski definition) is 0. The smallest absolute Gasteiger partial charge is 0.253 e. The molecule has 0 radical (unpaired) electrons. The van der Waals surface area contributed by atoms with E-state index in [1.54, 1.807) is 14.0 Å². The van der Waals surface area contributed by atoms with Gasteiger partial charge < -0.3 is 14.5 Å². The average Bonchev–Trinajstić information content (AvgIpc) is 2.98. The third kappa shape index (κ3) is 3.19. The van der Waals surface area contributed by atoms with Gasteiger partial charge >= 0.3 is 0 Å². The van der Waals surface area contributed by atoms with Gasteiger partial charge in [0, 0.05) is 38.7 Å². The van der Waals surface area contributed by atoms with E-state index in [0.29, 0.717) is 5.56 Å². The van der Waals surface area contributed by atoms with Gasteiger partial charge in [0.2, 0.25) is 5.91 Å². The number of piperidine rings is 1. The minimum Gasteiger partial charge on any atom is -0.497 e. The number of likely N-dealkylation sites (tertiary alicyclic amines) is 2. The summed E-state index contributed by atoms with van der Waals surface area (Å²) >= 11 is 0. The molecule has 1 aromatic carbocycles. The lowest BCUT2D eigenvalue weighted by atomic mass is 9.78. The highest BCUT2D eigenvalue weighted by atomic mass is 16.5. The number of benzene rings is 1. The number of carbonyl (C=O) groups excluding carboxylic acids is 2. The molecule has 2 aliphatic rings. The van der Waals surface area contributed by atoms with Gasteiger partial charge in [-0.25, -0.2) is 0 Å². The van der Waals surface area contributed by atoms with Crippen LogP contribution in [0.3, 0.4) is 0 Å². The van der Waals surface area contributed by atoms with Crippen molar-refractivity contribution in [3.05, 3.63) is 29.8 Å². The first-order chi connectivity index (χ1) is 11.0. The van der Waals surface area contributed by atoms with Crippen molar-refractivity contribution in [2.24, 2.45) is 5.41 Å². The summed E-state index contributed by atoms with van der Waals surface area (Å²) in [4.78, 5) is 28.0. The summed E-state index contributed by atoms with van der Waals surface area (Å²) < 4.78 is 5.14. The van der Waals surface area contributed by atoms with Crippen molar-refractivity contribution in [3.8, 4) is 5.75 Å². The Kier molecular flexibility index (Phi) is 4.28. The fourth-order valence-corrected chi connectivity index (χ4v) is 3.73. The molecule has 124 valence electrons. The van der Waals surface area contributed by atoms with Gasteiger partial charge in [0.1, 0.15) is 5.75 Å². The van der Waals surface area contributed by atoms with Crippen LogP contribution in [0, 0.1) is 5.41 Å². The lowest BCUT2D eigenvalue weighted by molar-refractivity contribution is -0.131. The Morgan fingerprint density at radius 2 is 1.57 bits per heavy atom. The number of ether oxygens (including phenoxy) is 1. The lowest BCUT2D eigenvalue weighted by Crippen LogP contribution is -2.43. The molecule has 5 nitrogen and oxygen atoms in total. The maximum absolute atomic E-state index is 12.7. The SMILES string of the molecule is COc1ccc(C(=O)N2CCC3(CCN(C(C)=O)CC3)C2)cc1. The molecule has 0 atom stereocenters. The first-order valence-electron chi connectivity index (χ1n) is 8.22. The second-order valence-electron chi connectivity index (χ2n) is 6.71. The van der Waals surface area contributed by atoms with Crippen molar-refractivity contribution in [1.29, 1.82) is 0 Å². The zero-order valence-corrected chi connectivity index (χ0v) is 13.9. The minimum absolute atomic E-state index is 0.0959. The van der Waals surface area contributed by atoms with E-state index in [4.69, 9.17) is 4.74 Å². The topological polar surface area (TPSA) is 49.9 Å². The Hall–Kier alpha value is -2.04. The summed E-state index contributed by atoms with van der Waals surface area (Å²) in [6, 6.07) is 7.30. The van der Waals surface area contributed by atoms with Gasteiger partial charge in [-0.2, -0.15) is 0 Å². The third-order valence-corrected chi connectivity index (χ3v) is 5.33. The monoisotopic (exact) mass is 316 g/mol. The van der Waals surface area contributed by atoms with Crippen LogP contribution in [0.4, 0.5) is 0 Å². The van der Waals surface area contributed by atoms with Gasteiger partial charge in [-0.05, 0) is 48.9 Å². The van der Waals surface area contributed by atoms with E-state index in [0.717, 1.165) is 51.2 Å². The lowest BCUT2D eigenvalue weighted by Gasteiger charge is -2.38. The molecule has 2 aliphatic heterocycles. The molecule has 0 saturated carbocycles. The third-order valence-electron chi connectivity index (χ3n) is 5.33. The maximum Gasteiger partial charge on any atom is 0.253 e. The Morgan fingerprint density at radius 3 is 2.09 bits per heavy atom. The van der Waals surface area contributed by atoms with E-state index in [1.807, 2.05) is 34.1 Å². The molecule has 0 aliphatic carbocycles. The molecule has 3 rings (SSSR count). The van der Waals surface area contributed by atoms with Gasteiger partial charge in [-0.3, -0.25) is 9.59 Å². The number of hydrogen-bond acceptors (Lipinski definition) is 3. The molecule has 0 bridgehead atoms. The van der Waals surface area contributed by atoms with Gasteiger partial charge in [-0.15, -0.1) is 0 Å². The van der Waals surface area contributed by atoms with Crippen LogP contribution in [-0.4, -0.2) is 54.9 Å². The van der Waals surface area contributed by atoms with Crippen LogP contribution in [0.15, 0.2) is 24.3 Å². The molecule has 5 heteroatoms. The van der Waals surface area contributed by atoms with Crippen molar-refractivity contribution in [2.45, 2.75) is 26.2 Å². The van der Waals surface area contributed by atoms with Crippen molar-refractivity contribution in [3.63, 3.8) is 0 Å². The first kappa shape index (κ1) is 15.8. The zero-order valence-electron chi connectivity index (χ0n) is 13.9. The Morgan fingerprint density at radius 1 is 1.00 bits per heavy atom. The van der Waals surface area contributed by atoms with Crippen LogP contribution in [-0.2, 0) is 4.79 Å². The highest BCUT2D eigenvalue weighted by Crippen LogP contribution is 2.40. The zero-order chi connectivity index (χ0) is 16.4. The molecule has 2 fully saturated rings. The van der Waals surface area contributed by atoms with Crippen molar-refractivity contribution < 1.29 is 14.3 Å². The molecule has 1 spiro atoms. The van der Waals surface area contributed by atoms with E-state index >= 15 is 0 Å². The average molecular weight is 316 g/mol. The molecule has 0 aromatic heterocycles. The molecule has 0 unspecified atom stereocenters. The molecule has 2 saturated heterocycles. The summed E-state index contributed by atoms with van der Waals surface area (Å²) in [5, 5.41) is 0. The largest absolute Gasteiger partial charge is 0.497 e. The second kappa shape index (κ2) is 6.22. The Labute approximate surface area is 137 Å². The summed E-state index contributed by atoms with van der Waals surface area (Å²) in [5.74, 6) is 1.01. The van der Waals surface area contributed by atoms with Gasteiger partial charge in [0.05, 0.1) is 7.11 Å². The Balaban J connectivity index is 1.63. The summed E-state index contributed by atoms with van der Waals surface area (Å²) in [6.45, 7) is 4.89. The van der Waals surface area contributed by atoms with E-state index in [-0.39, 0.29) is 17.2 Å². The first-order valence-corrected chi connectivity index (χ1v) is 8.22.